The third-order valence-electron chi connectivity index (χ3n) is 4.51. The van der Waals surface area contributed by atoms with Crippen LogP contribution in [0.3, 0.4) is 0 Å². The summed E-state index contributed by atoms with van der Waals surface area (Å²) in [4.78, 5) is 18.2. The Hall–Kier alpha value is -2.10. The highest BCUT2D eigenvalue weighted by Crippen LogP contribution is 2.29. The molecular weight excluding hydrogens is 403 g/mol. The molecule has 1 N–H and O–H groups in total. The zero-order valence-corrected chi connectivity index (χ0v) is 16.6. The average molecular weight is 425 g/mol. The molecule has 156 valence electrons. The van der Waals surface area contributed by atoms with Crippen LogP contribution in [0.2, 0.25) is 0 Å². The number of aromatic nitrogens is 1. The van der Waals surface area contributed by atoms with E-state index in [1.807, 2.05) is 18.2 Å². The fourth-order valence-electron chi connectivity index (χ4n) is 2.90. The summed E-state index contributed by atoms with van der Waals surface area (Å²) in [6, 6.07) is 10.2. The molecule has 0 radical (unpaired) electrons. The van der Waals surface area contributed by atoms with Gasteiger partial charge in [0.25, 0.3) is 0 Å². The van der Waals surface area contributed by atoms with E-state index in [1.54, 1.807) is 0 Å². The molecule has 1 aliphatic rings. The van der Waals surface area contributed by atoms with E-state index in [9.17, 15) is 18.0 Å². The van der Waals surface area contributed by atoms with Gasteiger partial charge < -0.3 is 10.1 Å². The summed E-state index contributed by atoms with van der Waals surface area (Å²) in [7, 11) is 0. The van der Waals surface area contributed by atoms with E-state index >= 15 is 0 Å². The zero-order valence-electron chi connectivity index (χ0n) is 15.7. The molecule has 1 saturated heterocycles. The quantitative estimate of drug-likeness (QED) is 0.690. The van der Waals surface area contributed by atoms with Crippen molar-refractivity contribution in [1.29, 1.82) is 0 Å². The van der Waals surface area contributed by atoms with Crippen molar-refractivity contribution in [3.05, 3.63) is 59.3 Å². The Morgan fingerprint density at radius 2 is 1.86 bits per heavy atom. The van der Waals surface area contributed by atoms with Gasteiger partial charge in [-0.25, -0.2) is 4.98 Å². The lowest BCUT2D eigenvalue weighted by atomic mass is 10.1. The van der Waals surface area contributed by atoms with Crippen molar-refractivity contribution >= 4 is 17.7 Å². The van der Waals surface area contributed by atoms with Crippen LogP contribution in [0.5, 0.6) is 0 Å². The molecule has 1 fully saturated rings. The molecule has 0 saturated carbocycles. The number of carbonyl (C=O) groups is 1. The SMILES string of the molecule is O=C(CSc1ccc(C(F)(F)F)cn1)NCc1ccccc1CN1CCOCC1. The monoisotopic (exact) mass is 425 g/mol. The number of ether oxygens (including phenoxy) is 1. The molecule has 9 heteroatoms. The summed E-state index contributed by atoms with van der Waals surface area (Å²) < 4.78 is 43.0. The highest BCUT2D eigenvalue weighted by Gasteiger charge is 2.30. The molecule has 3 rings (SSSR count). The number of benzene rings is 1. The molecule has 29 heavy (non-hydrogen) atoms. The smallest absolute Gasteiger partial charge is 0.379 e. The van der Waals surface area contributed by atoms with Gasteiger partial charge in [0.15, 0.2) is 0 Å². The summed E-state index contributed by atoms with van der Waals surface area (Å²) in [6.45, 7) is 4.44. The molecule has 5 nitrogen and oxygen atoms in total. The number of nitrogens with zero attached hydrogens (tertiary/aromatic N) is 2. The molecule has 0 aliphatic carbocycles. The summed E-state index contributed by atoms with van der Waals surface area (Å²) in [5.74, 6) is -0.109. The minimum Gasteiger partial charge on any atom is -0.379 e. The maximum Gasteiger partial charge on any atom is 0.417 e. The molecule has 2 aromatic rings. The number of thioether (sulfide) groups is 1. The molecular formula is C20H22F3N3O2S. The third kappa shape index (κ3) is 6.73. The van der Waals surface area contributed by atoms with Crippen LogP contribution in [0.4, 0.5) is 13.2 Å². The van der Waals surface area contributed by atoms with Crippen molar-refractivity contribution in [2.75, 3.05) is 32.1 Å². The number of morpholine rings is 1. The van der Waals surface area contributed by atoms with Gasteiger partial charge in [-0.05, 0) is 23.3 Å². The Labute approximate surface area is 171 Å². The number of hydrogen-bond donors (Lipinski definition) is 1. The van der Waals surface area contributed by atoms with Crippen molar-refractivity contribution in [3.8, 4) is 0 Å². The van der Waals surface area contributed by atoms with Crippen molar-refractivity contribution in [2.24, 2.45) is 0 Å². The average Bonchev–Trinajstić information content (AvgIpc) is 2.72. The second-order valence-electron chi connectivity index (χ2n) is 6.61. The molecule has 0 atom stereocenters. The van der Waals surface area contributed by atoms with Crippen LogP contribution in [0, 0.1) is 0 Å². The number of amides is 1. The van der Waals surface area contributed by atoms with Gasteiger partial charge in [0.05, 0.1) is 29.6 Å². The minimum absolute atomic E-state index is 0.0873. The van der Waals surface area contributed by atoms with Crippen LogP contribution >= 0.6 is 11.8 Å². The topological polar surface area (TPSA) is 54.5 Å². The van der Waals surface area contributed by atoms with Crippen molar-refractivity contribution in [2.45, 2.75) is 24.3 Å². The lowest BCUT2D eigenvalue weighted by molar-refractivity contribution is -0.137. The Balaban J connectivity index is 1.48. The van der Waals surface area contributed by atoms with Gasteiger partial charge in [0, 0.05) is 32.4 Å². The van der Waals surface area contributed by atoms with E-state index in [2.05, 4.69) is 21.3 Å². The Bertz CT molecular complexity index is 809. The zero-order chi connectivity index (χ0) is 20.7. The molecule has 0 unspecified atom stereocenters. The van der Waals surface area contributed by atoms with Crippen LogP contribution in [0.15, 0.2) is 47.6 Å². The van der Waals surface area contributed by atoms with Gasteiger partial charge in [-0.15, -0.1) is 0 Å². The Kier molecular flexibility index (Phi) is 7.51. The fraction of sp³-hybridized carbons (Fsp3) is 0.400. The largest absolute Gasteiger partial charge is 0.417 e. The molecule has 1 amide bonds. The Morgan fingerprint density at radius 1 is 1.14 bits per heavy atom. The lowest BCUT2D eigenvalue weighted by Crippen LogP contribution is -2.36. The van der Waals surface area contributed by atoms with Crippen LogP contribution in [0.1, 0.15) is 16.7 Å². The van der Waals surface area contributed by atoms with Crippen LogP contribution in [-0.2, 0) is 28.8 Å². The number of alkyl halides is 3. The van der Waals surface area contributed by atoms with Crippen LogP contribution < -0.4 is 5.32 Å². The first-order chi connectivity index (χ1) is 13.9. The molecule has 0 bridgehead atoms. The lowest BCUT2D eigenvalue weighted by Gasteiger charge is -2.27. The van der Waals surface area contributed by atoms with Crippen molar-refractivity contribution in [3.63, 3.8) is 0 Å². The molecule has 2 heterocycles. The van der Waals surface area contributed by atoms with Crippen LogP contribution in [-0.4, -0.2) is 47.8 Å². The summed E-state index contributed by atoms with van der Waals surface area (Å²) >= 11 is 1.10. The van der Waals surface area contributed by atoms with E-state index in [0.717, 1.165) is 68.0 Å². The summed E-state index contributed by atoms with van der Waals surface area (Å²) in [5.41, 5.74) is 1.40. The molecule has 1 aromatic carbocycles. The highest BCUT2D eigenvalue weighted by atomic mass is 32.2. The van der Waals surface area contributed by atoms with E-state index in [4.69, 9.17) is 4.74 Å². The first kappa shape index (κ1) is 21.6. The first-order valence-corrected chi connectivity index (χ1v) is 10.2. The highest BCUT2D eigenvalue weighted by molar-refractivity contribution is 7.99. The van der Waals surface area contributed by atoms with Gasteiger partial charge in [-0.1, -0.05) is 36.0 Å². The third-order valence-corrected chi connectivity index (χ3v) is 5.45. The van der Waals surface area contributed by atoms with Crippen molar-refractivity contribution in [1.82, 2.24) is 15.2 Å². The summed E-state index contributed by atoms with van der Waals surface area (Å²) in [6.07, 6.45) is -3.63. The molecule has 1 aliphatic heterocycles. The number of nitrogens with one attached hydrogen (secondary N) is 1. The number of halogens is 3. The van der Waals surface area contributed by atoms with Gasteiger partial charge >= 0.3 is 6.18 Å². The van der Waals surface area contributed by atoms with E-state index < -0.39 is 11.7 Å². The maximum absolute atomic E-state index is 12.6. The second kappa shape index (κ2) is 10.1. The van der Waals surface area contributed by atoms with E-state index in [1.165, 1.54) is 6.07 Å². The summed E-state index contributed by atoms with van der Waals surface area (Å²) in [5, 5.41) is 3.25. The van der Waals surface area contributed by atoms with Gasteiger partial charge in [0.2, 0.25) is 5.91 Å². The maximum atomic E-state index is 12.6. The van der Waals surface area contributed by atoms with Gasteiger partial charge in [0.1, 0.15) is 0 Å². The number of pyridine rings is 1. The van der Waals surface area contributed by atoms with Gasteiger partial charge in [-0.2, -0.15) is 13.2 Å². The predicted octanol–water partition coefficient (Wildman–Crippen LogP) is 3.34. The van der Waals surface area contributed by atoms with E-state index in [0.29, 0.717) is 11.6 Å². The molecule has 0 spiro atoms. The second-order valence-corrected chi connectivity index (χ2v) is 7.60. The van der Waals surface area contributed by atoms with E-state index in [-0.39, 0.29) is 11.7 Å². The fourth-order valence-corrected chi connectivity index (χ4v) is 3.57. The number of carbonyl (C=O) groups excluding carboxylic acids is 1. The minimum atomic E-state index is -4.41. The van der Waals surface area contributed by atoms with Gasteiger partial charge in [-0.3, -0.25) is 9.69 Å². The first-order valence-electron chi connectivity index (χ1n) is 9.21. The predicted molar refractivity (Wildman–Crippen MR) is 104 cm³/mol. The Morgan fingerprint density at radius 3 is 2.52 bits per heavy atom. The number of rotatable bonds is 7. The standard InChI is InChI=1S/C20H22F3N3O2S/c21-20(22,23)17-5-6-19(25-12-17)29-14-18(27)24-11-15-3-1-2-4-16(15)13-26-7-9-28-10-8-26/h1-6,12H,7-11,13-14H2,(H,24,27). The molecule has 1 aromatic heterocycles. The normalized spacial score (nSPS) is 15.3. The van der Waals surface area contributed by atoms with Crippen LogP contribution in [0.25, 0.3) is 0 Å². The van der Waals surface area contributed by atoms with Crippen molar-refractivity contribution < 1.29 is 22.7 Å². The number of hydrogen-bond acceptors (Lipinski definition) is 5.